The van der Waals surface area contributed by atoms with Crippen molar-refractivity contribution in [2.75, 3.05) is 6.54 Å². The Bertz CT molecular complexity index is 724. The highest BCUT2D eigenvalue weighted by molar-refractivity contribution is 7.88. The molecule has 0 aliphatic heterocycles. The molecule has 1 heterocycles. The second kappa shape index (κ2) is 6.73. The number of hydrogen-bond donors (Lipinski definition) is 2. The van der Waals surface area contributed by atoms with Crippen LogP contribution in [0.4, 0.5) is 13.2 Å². The van der Waals surface area contributed by atoms with Gasteiger partial charge in [0.05, 0.1) is 29.9 Å². The summed E-state index contributed by atoms with van der Waals surface area (Å²) in [6.45, 7) is -0.261. The van der Waals surface area contributed by atoms with E-state index in [-0.39, 0.29) is 12.1 Å². The van der Waals surface area contributed by atoms with E-state index in [4.69, 9.17) is 4.42 Å². The first kappa shape index (κ1) is 17.5. The van der Waals surface area contributed by atoms with E-state index >= 15 is 0 Å². The number of benzene rings is 1. The number of halogens is 3. The summed E-state index contributed by atoms with van der Waals surface area (Å²) < 4.78 is 68.1. The largest absolute Gasteiger partial charge is 0.472 e. The van der Waals surface area contributed by atoms with Crippen LogP contribution in [-0.4, -0.2) is 20.1 Å². The molecule has 1 aromatic carbocycles. The average molecular weight is 349 g/mol. The zero-order chi connectivity index (χ0) is 17.1. The highest BCUT2D eigenvalue weighted by Crippen LogP contribution is 2.29. The summed E-state index contributed by atoms with van der Waals surface area (Å²) in [4.78, 5) is 0. The molecule has 2 N–H and O–H groups in total. The number of aliphatic hydroxyl groups is 1. The second-order valence-corrected chi connectivity index (χ2v) is 6.68. The van der Waals surface area contributed by atoms with Crippen LogP contribution in [0.5, 0.6) is 0 Å². The predicted molar refractivity (Wildman–Crippen MR) is 75.7 cm³/mol. The molecule has 126 valence electrons. The van der Waals surface area contributed by atoms with Crippen molar-refractivity contribution < 1.29 is 31.1 Å². The standard InChI is InChI=1S/C14H14F3NO4S/c15-14(16,17)12-3-1-10(2-4-12)9-23(20,21)18-7-13(19)11-5-6-22-8-11/h1-6,8,13,18-19H,7,9H2/t13-/m1/s1. The lowest BCUT2D eigenvalue weighted by Gasteiger charge is -2.11. The normalized spacial score (nSPS) is 13.9. The summed E-state index contributed by atoms with van der Waals surface area (Å²) in [6, 6.07) is 5.36. The second-order valence-electron chi connectivity index (χ2n) is 4.87. The smallest absolute Gasteiger partial charge is 0.416 e. The summed E-state index contributed by atoms with van der Waals surface area (Å²) in [7, 11) is -3.79. The van der Waals surface area contributed by atoms with Crippen molar-refractivity contribution in [2.24, 2.45) is 0 Å². The molecule has 0 aliphatic rings. The molecule has 2 rings (SSSR count). The van der Waals surface area contributed by atoms with Crippen molar-refractivity contribution >= 4 is 10.0 Å². The molecular weight excluding hydrogens is 335 g/mol. The van der Waals surface area contributed by atoms with Crippen LogP contribution >= 0.6 is 0 Å². The minimum atomic E-state index is -4.47. The van der Waals surface area contributed by atoms with Crippen LogP contribution < -0.4 is 4.72 Å². The molecule has 2 aromatic rings. The van der Waals surface area contributed by atoms with Crippen molar-refractivity contribution in [1.29, 1.82) is 0 Å². The van der Waals surface area contributed by atoms with Crippen LogP contribution in [0.1, 0.15) is 22.8 Å². The molecule has 0 amide bonds. The van der Waals surface area contributed by atoms with Gasteiger partial charge in [-0.3, -0.25) is 0 Å². The Morgan fingerprint density at radius 2 is 1.83 bits per heavy atom. The summed E-state index contributed by atoms with van der Waals surface area (Å²) in [5.74, 6) is -0.483. The molecule has 1 atom stereocenters. The van der Waals surface area contributed by atoms with Gasteiger partial charge in [0.15, 0.2) is 0 Å². The van der Waals surface area contributed by atoms with E-state index in [2.05, 4.69) is 4.72 Å². The monoisotopic (exact) mass is 349 g/mol. The molecule has 0 bridgehead atoms. The van der Waals surface area contributed by atoms with Gasteiger partial charge in [0.1, 0.15) is 0 Å². The van der Waals surface area contributed by atoms with E-state index in [1.54, 1.807) is 0 Å². The van der Waals surface area contributed by atoms with Crippen LogP contribution in [0, 0.1) is 0 Å². The molecule has 0 saturated carbocycles. The number of aliphatic hydroxyl groups excluding tert-OH is 1. The number of rotatable bonds is 6. The fraction of sp³-hybridized carbons (Fsp3) is 0.286. The molecule has 23 heavy (non-hydrogen) atoms. The molecule has 1 aromatic heterocycles. The van der Waals surface area contributed by atoms with Gasteiger partial charge in [0.2, 0.25) is 10.0 Å². The summed E-state index contributed by atoms with van der Waals surface area (Å²) >= 11 is 0. The predicted octanol–water partition coefficient (Wildman–Crippen LogP) is 2.45. The molecule has 0 radical (unpaired) electrons. The third kappa shape index (κ3) is 5.08. The van der Waals surface area contributed by atoms with E-state index < -0.39 is 33.6 Å². The maximum atomic E-state index is 12.4. The zero-order valence-electron chi connectivity index (χ0n) is 11.7. The van der Waals surface area contributed by atoms with E-state index in [0.29, 0.717) is 5.56 Å². The molecule has 5 nitrogen and oxygen atoms in total. The Kier molecular flexibility index (Phi) is 5.12. The van der Waals surface area contributed by atoms with Gasteiger partial charge >= 0.3 is 6.18 Å². The van der Waals surface area contributed by atoms with Crippen LogP contribution in [-0.2, 0) is 22.0 Å². The van der Waals surface area contributed by atoms with Crippen molar-refractivity contribution in [2.45, 2.75) is 18.0 Å². The number of sulfonamides is 1. The number of nitrogens with one attached hydrogen (secondary N) is 1. The van der Waals surface area contributed by atoms with Crippen molar-refractivity contribution in [1.82, 2.24) is 4.72 Å². The Morgan fingerprint density at radius 3 is 2.35 bits per heavy atom. The lowest BCUT2D eigenvalue weighted by atomic mass is 10.1. The van der Waals surface area contributed by atoms with Gasteiger partial charge in [-0.1, -0.05) is 12.1 Å². The van der Waals surface area contributed by atoms with Gasteiger partial charge in [-0.25, -0.2) is 13.1 Å². The van der Waals surface area contributed by atoms with E-state index in [0.717, 1.165) is 24.3 Å². The maximum Gasteiger partial charge on any atom is 0.416 e. The maximum absolute atomic E-state index is 12.4. The Labute approximate surface area is 130 Å². The van der Waals surface area contributed by atoms with E-state index in [1.807, 2.05) is 0 Å². The molecule has 0 spiro atoms. The number of alkyl halides is 3. The molecular formula is C14H14F3NO4S. The Morgan fingerprint density at radius 1 is 1.17 bits per heavy atom. The van der Waals surface area contributed by atoms with Crippen LogP contribution in [0.2, 0.25) is 0 Å². The van der Waals surface area contributed by atoms with Crippen LogP contribution in [0.25, 0.3) is 0 Å². The molecule has 0 fully saturated rings. The first-order valence-corrected chi connectivity index (χ1v) is 8.16. The van der Waals surface area contributed by atoms with Crippen molar-refractivity contribution in [3.8, 4) is 0 Å². The summed E-state index contributed by atoms with van der Waals surface area (Å²) in [5, 5.41) is 9.75. The quantitative estimate of drug-likeness (QED) is 0.840. The number of furan rings is 1. The van der Waals surface area contributed by atoms with Crippen molar-refractivity contribution in [3.63, 3.8) is 0 Å². The minimum absolute atomic E-state index is 0.211. The van der Waals surface area contributed by atoms with Crippen molar-refractivity contribution in [3.05, 3.63) is 59.5 Å². The number of hydrogen-bond acceptors (Lipinski definition) is 4. The fourth-order valence-electron chi connectivity index (χ4n) is 1.85. The van der Waals surface area contributed by atoms with Gasteiger partial charge in [0.25, 0.3) is 0 Å². The van der Waals surface area contributed by atoms with Gasteiger partial charge in [-0.15, -0.1) is 0 Å². The van der Waals surface area contributed by atoms with E-state index in [1.165, 1.54) is 18.6 Å². The lowest BCUT2D eigenvalue weighted by molar-refractivity contribution is -0.137. The van der Waals surface area contributed by atoms with E-state index in [9.17, 15) is 26.7 Å². The molecule has 0 unspecified atom stereocenters. The SMILES string of the molecule is O=S(=O)(Cc1ccc(C(F)(F)F)cc1)NC[C@@H](O)c1ccoc1. The first-order chi connectivity index (χ1) is 10.7. The zero-order valence-corrected chi connectivity index (χ0v) is 12.6. The highest BCUT2D eigenvalue weighted by atomic mass is 32.2. The Balaban J connectivity index is 1.95. The minimum Gasteiger partial charge on any atom is -0.472 e. The topological polar surface area (TPSA) is 79.5 Å². The van der Waals surface area contributed by atoms with Crippen LogP contribution in [0.3, 0.4) is 0 Å². The highest BCUT2D eigenvalue weighted by Gasteiger charge is 2.30. The summed E-state index contributed by atoms with van der Waals surface area (Å²) in [6.07, 6.45) is -2.91. The van der Waals surface area contributed by atoms with Crippen LogP contribution in [0.15, 0.2) is 47.3 Å². The lowest BCUT2D eigenvalue weighted by Crippen LogP contribution is -2.29. The summed E-state index contributed by atoms with van der Waals surface area (Å²) in [5.41, 5.74) is -0.215. The molecule has 0 aliphatic carbocycles. The van der Waals surface area contributed by atoms with Gasteiger partial charge in [0, 0.05) is 12.1 Å². The van der Waals surface area contributed by atoms with Gasteiger partial charge in [-0.2, -0.15) is 13.2 Å². The fourth-order valence-corrected chi connectivity index (χ4v) is 2.99. The van der Waals surface area contributed by atoms with Gasteiger partial charge < -0.3 is 9.52 Å². The third-order valence-electron chi connectivity index (χ3n) is 3.06. The molecule has 9 heteroatoms. The van der Waals surface area contributed by atoms with Gasteiger partial charge in [-0.05, 0) is 23.8 Å². The molecule has 0 saturated heterocycles. The Hall–Kier alpha value is -1.84. The third-order valence-corrected chi connectivity index (χ3v) is 4.38. The average Bonchev–Trinajstić information content (AvgIpc) is 2.98. The first-order valence-electron chi connectivity index (χ1n) is 6.51.